The number of fused-ring (bicyclic) bond motifs is 4. The van der Waals surface area contributed by atoms with Crippen LogP contribution in [0.1, 0.15) is 34.1 Å². The molecule has 3 aromatic heterocycles. The van der Waals surface area contributed by atoms with Gasteiger partial charge in [0.2, 0.25) is 0 Å². The number of carbonyl (C=O) groups is 1. The third kappa shape index (κ3) is 3.00. The first-order chi connectivity index (χ1) is 14.1. The first kappa shape index (κ1) is 17.6. The van der Waals surface area contributed by atoms with Crippen molar-refractivity contribution in [3.8, 4) is 0 Å². The van der Waals surface area contributed by atoms with Crippen molar-refractivity contribution in [2.75, 3.05) is 12.3 Å². The molecule has 29 heavy (non-hydrogen) atoms. The van der Waals surface area contributed by atoms with E-state index >= 15 is 0 Å². The highest BCUT2D eigenvalue weighted by Crippen LogP contribution is 2.31. The summed E-state index contributed by atoms with van der Waals surface area (Å²) >= 11 is 0. The number of ether oxygens (including phenoxy) is 1. The van der Waals surface area contributed by atoms with Gasteiger partial charge in [-0.15, -0.1) is 0 Å². The van der Waals surface area contributed by atoms with E-state index in [4.69, 9.17) is 10.5 Å². The Morgan fingerprint density at radius 3 is 2.90 bits per heavy atom. The summed E-state index contributed by atoms with van der Waals surface area (Å²) in [5, 5.41) is 0.932. The van der Waals surface area contributed by atoms with Crippen LogP contribution in [0, 0.1) is 0 Å². The number of nitrogens with two attached hydrogens (primary N) is 1. The Labute approximate surface area is 167 Å². The molecule has 1 aliphatic rings. The van der Waals surface area contributed by atoms with E-state index in [9.17, 15) is 4.79 Å². The fourth-order valence-corrected chi connectivity index (χ4v) is 3.87. The summed E-state index contributed by atoms with van der Waals surface area (Å²) in [6.07, 6.45) is 3.91. The molecule has 146 valence electrons. The lowest BCUT2D eigenvalue weighted by atomic mass is 10.0. The predicted octanol–water partition coefficient (Wildman–Crippen LogP) is 3.16. The minimum atomic E-state index is -0.0315. The van der Waals surface area contributed by atoms with Gasteiger partial charge in [-0.25, -0.2) is 9.97 Å². The van der Waals surface area contributed by atoms with Gasteiger partial charge in [-0.05, 0) is 42.8 Å². The molecule has 1 aliphatic heterocycles. The molecule has 0 unspecified atom stereocenters. The molecule has 0 bridgehead atoms. The molecule has 7 nitrogen and oxygen atoms in total. The van der Waals surface area contributed by atoms with E-state index in [-0.39, 0.29) is 5.91 Å². The number of anilines is 1. The SMILES string of the molecule is CCN(Cc1cn2ccccc2n1)C(=O)c1ccc2nc(N)c3c(c2c1)COC3. The minimum absolute atomic E-state index is 0.0315. The molecule has 0 atom stereocenters. The fourth-order valence-electron chi connectivity index (χ4n) is 3.87. The smallest absolute Gasteiger partial charge is 0.254 e. The maximum Gasteiger partial charge on any atom is 0.254 e. The van der Waals surface area contributed by atoms with Gasteiger partial charge in [0.05, 0.1) is 31.0 Å². The van der Waals surface area contributed by atoms with Gasteiger partial charge in [-0.1, -0.05) is 6.07 Å². The summed E-state index contributed by atoms with van der Waals surface area (Å²) in [4.78, 5) is 24.1. The summed E-state index contributed by atoms with van der Waals surface area (Å²) in [5.74, 6) is 0.474. The highest BCUT2D eigenvalue weighted by molar-refractivity contribution is 5.99. The number of rotatable bonds is 4. The highest BCUT2D eigenvalue weighted by atomic mass is 16.5. The zero-order chi connectivity index (χ0) is 20.0. The van der Waals surface area contributed by atoms with Gasteiger partial charge in [0.15, 0.2) is 0 Å². The number of hydrogen-bond acceptors (Lipinski definition) is 5. The molecule has 4 aromatic rings. The van der Waals surface area contributed by atoms with Crippen molar-refractivity contribution in [1.82, 2.24) is 19.3 Å². The van der Waals surface area contributed by atoms with Crippen molar-refractivity contribution < 1.29 is 9.53 Å². The first-order valence-electron chi connectivity index (χ1n) is 9.64. The molecular formula is C22H21N5O2. The third-order valence-corrected chi connectivity index (χ3v) is 5.41. The Balaban J connectivity index is 1.48. The largest absolute Gasteiger partial charge is 0.383 e. The van der Waals surface area contributed by atoms with Crippen LogP contribution in [-0.2, 0) is 24.5 Å². The number of hydrogen-bond donors (Lipinski definition) is 1. The summed E-state index contributed by atoms with van der Waals surface area (Å²) in [6.45, 7) is 3.98. The van der Waals surface area contributed by atoms with Crippen LogP contribution in [0.15, 0.2) is 48.8 Å². The topological polar surface area (TPSA) is 85.8 Å². The van der Waals surface area contributed by atoms with Gasteiger partial charge in [0.25, 0.3) is 5.91 Å². The van der Waals surface area contributed by atoms with Crippen molar-refractivity contribution in [2.45, 2.75) is 26.7 Å². The van der Waals surface area contributed by atoms with Gasteiger partial charge in [0, 0.05) is 35.5 Å². The van der Waals surface area contributed by atoms with E-state index in [1.165, 1.54) is 0 Å². The second kappa shape index (κ2) is 6.86. The van der Waals surface area contributed by atoms with Crippen molar-refractivity contribution in [3.05, 3.63) is 71.2 Å². The predicted molar refractivity (Wildman–Crippen MR) is 110 cm³/mol. The molecule has 4 heterocycles. The van der Waals surface area contributed by atoms with Crippen molar-refractivity contribution in [2.24, 2.45) is 0 Å². The zero-order valence-corrected chi connectivity index (χ0v) is 16.1. The number of pyridine rings is 2. The Kier molecular flexibility index (Phi) is 4.17. The van der Waals surface area contributed by atoms with Crippen LogP contribution in [0.5, 0.6) is 0 Å². The van der Waals surface area contributed by atoms with E-state index in [1.54, 1.807) is 4.90 Å². The lowest BCUT2D eigenvalue weighted by molar-refractivity contribution is 0.0751. The molecule has 0 fully saturated rings. The van der Waals surface area contributed by atoms with E-state index in [0.29, 0.717) is 37.7 Å². The molecule has 0 spiro atoms. The molecule has 1 aromatic carbocycles. The Bertz CT molecular complexity index is 1210. The monoisotopic (exact) mass is 387 g/mol. The van der Waals surface area contributed by atoms with Gasteiger partial charge in [0.1, 0.15) is 11.5 Å². The molecule has 1 amide bonds. The van der Waals surface area contributed by atoms with Crippen molar-refractivity contribution in [1.29, 1.82) is 0 Å². The van der Waals surface area contributed by atoms with Crippen LogP contribution in [0.2, 0.25) is 0 Å². The average molecular weight is 387 g/mol. The number of benzene rings is 1. The highest BCUT2D eigenvalue weighted by Gasteiger charge is 2.21. The maximum atomic E-state index is 13.2. The Hall–Kier alpha value is -3.45. The van der Waals surface area contributed by atoms with Crippen LogP contribution in [0.25, 0.3) is 16.6 Å². The van der Waals surface area contributed by atoms with E-state index in [1.807, 2.05) is 60.1 Å². The second-order valence-corrected chi connectivity index (χ2v) is 7.20. The van der Waals surface area contributed by atoms with Crippen LogP contribution in [-0.4, -0.2) is 31.7 Å². The van der Waals surface area contributed by atoms with Crippen LogP contribution < -0.4 is 5.73 Å². The quantitative estimate of drug-likeness (QED) is 0.581. The summed E-state index contributed by atoms with van der Waals surface area (Å²) in [6, 6.07) is 11.4. The van der Waals surface area contributed by atoms with E-state index < -0.39 is 0 Å². The number of carbonyl (C=O) groups excluding carboxylic acids is 1. The number of aromatic nitrogens is 3. The fraction of sp³-hybridized carbons (Fsp3) is 0.227. The second-order valence-electron chi connectivity index (χ2n) is 7.20. The van der Waals surface area contributed by atoms with Crippen LogP contribution in [0.3, 0.4) is 0 Å². The lowest BCUT2D eigenvalue weighted by Crippen LogP contribution is -2.30. The lowest BCUT2D eigenvalue weighted by Gasteiger charge is -2.20. The van der Waals surface area contributed by atoms with E-state index in [2.05, 4.69) is 9.97 Å². The number of nitrogens with zero attached hydrogens (tertiary/aromatic N) is 4. The zero-order valence-electron chi connectivity index (χ0n) is 16.1. The molecular weight excluding hydrogens is 366 g/mol. The molecule has 5 rings (SSSR count). The molecule has 2 N–H and O–H groups in total. The average Bonchev–Trinajstić information content (AvgIpc) is 3.38. The van der Waals surface area contributed by atoms with Gasteiger partial charge < -0.3 is 19.8 Å². The summed E-state index contributed by atoms with van der Waals surface area (Å²) in [5.41, 5.74) is 11.2. The molecule has 0 radical (unpaired) electrons. The summed E-state index contributed by atoms with van der Waals surface area (Å²) < 4.78 is 7.52. The minimum Gasteiger partial charge on any atom is -0.383 e. The third-order valence-electron chi connectivity index (χ3n) is 5.41. The van der Waals surface area contributed by atoms with Crippen molar-refractivity contribution in [3.63, 3.8) is 0 Å². The molecule has 0 saturated heterocycles. The van der Waals surface area contributed by atoms with Crippen molar-refractivity contribution >= 4 is 28.3 Å². The molecule has 0 saturated carbocycles. The van der Waals surface area contributed by atoms with Crippen LogP contribution >= 0.6 is 0 Å². The Morgan fingerprint density at radius 1 is 1.21 bits per heavy atom. The molecule has 0 aliphatic carbocycles. The normalized spacial score (nSPS) is 13.1. The van der Waals surface area contributed by atoms with Gasteiger partial charge in [-0.2, -0.15) is 0 Å². The van der Waals surface area contributed by atoms with Gasteiger partial charge in [-0.3, -0.25) is 4.79 Å². The van der Waals surface area contributed by atoms with Crippen LogP contribution in [0.4, 0.5) is 5.82 Å². The maximum absolute atomic E-state index is 13.2. The summed E-state index contributed by atoms with van der Waals surface area (Å²) in [7, 11) is 0. The Morgan fingerprint density at radius 2 is 2.07 bits per heavy atom. The number of imidazole rings is 1. The van der Waals surface area contributed by atoms with Gasteiger partial charge >= 0.3 is 0 Å². The number of nitrogen functional groups attached to an aromatic ring is 1. The standard InChI is InChI=1S/C22H21N5O2/c1-2-26(10-15-11-27-8-4-3-5-20(27)24-15)22(28)14-6-7-19-16(9-14)17-12-29-13-18(17)21(23)25-19/h3-9,11H,2,10,12-13H2,1H3,(H2,23,25). The van der Waals surface area contributed by atoms with E-state index in [0.717, 1.165) is 33.4 Å². The first-order valence-corrected chi connectivity index (χ1v) is 9.64. The number of amides is 1. The molecule has 7 heteroatoms.